The van der Waals surface area contributed by atoms with E-state index < -0.39 is 0 Å². The number of carbonyl (C=O) groups is 1. The second-order valence-electron chi connectivity index (χ2n) is 5.92. The Morgan fingerprint density at radius 3 is 2.92 bits per heavy atom. The first kappa shape index (κ1) is 18.7. The van der Waals surface area contributed by atoms with Gasteiger partial charge in [0.25, 0.3) is 0 Å². The van der Waals surface area contributed by atoms with Gasteiger partial charge in [-0.1, -0.05) is 31.2 Å². The highest BCUT2D eigenvalue weighted by Crippen LogP contribution is 2.28. The SMILES string of the molecule is CC/C(=C\C=C/CO)C1=CCc2c(/C=C/C(=O)N(C)C)c[nH]c2N=C1. The van der Waals surface area contributed by atoms with Gasteiger partial charge in [-0.15, -0.1) is 0 Å². The fourth-order valence-electron chi connectivity index (χ4n) is 2.52. The highest BCUT2D eigenvalue weighted by atomic mass is 16.2. The van der Waals surface area contributed by atoms with E-state index in [1.165, 1.54) is 10.5 Å². The standard InChI is InChI=1S/C20H25N3O2/c1-4-15(7-5-6-12-24)16-8-10-18-17(9-11-19(25)23(2)3)14-22-20(18)21-13-16/h5-9,11,13-14,22,24H,4,10,12H2,1-3H3/b6-5-,11-9+,15-7+. The monoisotopic (exact) mass is 339 g/mol. The average Bonchev–Trinajstić information content (AvgIpc) is 2.87. The van der Waals surface area contributed by atoms with Crippen LogP contribution in [0.2, 0.25) is 0 Å². The highest BCUT2D eigenvalue weighted by molar-refractivity contribution is 5.92. The van der Waals surface area contributed by atoms with Crippen LogP contribution in [0.1, 0.15) is 24.5 Å². The van der Waals surface area contributed by atoms with Gasteiger partial charge in [-0.25, -0.2) is 4.99 Å². The fraction of sp³-hybridized carbons (Fsp3) is 0.300. The first-order valence-corrected chi connectivity index (χ1v) is 8.37. The molecule has 132 valence electrons. The Morgan fingerprint density at radius 1 is 1.44 bits per heavy atom. The van der Waals surface area contributed by atoms with Gasteiger partial charge in [0, 0.05) is 38.1 Å². The molecule has 1 aliphatic heterocycles. The smallest absolute Gasteiger partial charge is 0.246 e. The number of aromatic amines is 1. The second kappa shape index (κ2) is 8.99. The van der Waals surface area contributed by atoms with Crippen LogP contribution in [-0.2, 0) is 11.2 Å². The zero-order valence-electron chi connectivity index (χ0n) is 15.0. The fourth-order valence-corrected chi connectivity index (χ4v) is 2.52. The van der Waals surface area contributed by atoms with Gasteiger partial charge in [-0.3, -0.25) is 4.79 Å². The molecular formula is C20H25N3O2. The summed E-state index contributed by atoms with van der Waals surface area (Å²) in [6, 6.07) is 0. The predicted octanol–water partition coefficient (Wildman–Crippen LogP) is 3.19. The van der Waals surface area contributed by atoms with Crippen LogP contribution < -0.4 is 0 Å². The molecule has 25 heavy (non-hydrogen) atoms. The van der Waals surface area contributed by atoms with Crippen molar-refractivity contribution in [3.63, 3.8) is 0 Å². The maximum absolute atomic E-state index is 11.7. The lowest BCUT2D eigenvalue weighted by atomic mass is 10.0. The molecule has 0 aliphatic carbocycles. The molecule has 1 aromatic rings. The minimum Gasteiger partial charge on any atom is -0.392 e. The number of carbonyl (C=O) groups excluding carboxylic acids is 1. The number of nitrogens with one attached hydrogen (secondary N) is 1. The molecule has 0 aromatic carbocycles. The van der Waals surface area contributed by atoms with E-state index in [4.69, 9.17) is 5.11 Å². The third-order valence-corrected chi connectivity index (χ3v) is 3.99. The minimum atomic E-state index is -0.0461. The molecule has 0 bridgehead atoms. The first-order chi connectivity index (χ1) is 12.1. The molecule has 5 heteroatoms. The number of aliphatic hydroxyl groups excluding tert-OH is 1. The normalized spacial score (nSPS) is 14.7. The average molecular weight is 339 g/mol. The molecule has 0 saturated heterocycles. The summed E-state index contributed by atoms with van der Waals surface area (Å²) >= 11 is 0. The number of nitrogens with zero attached hydrogens (tertiary/aromatic N) is 2. The lowest BCUT2D eigenvalue weighted by Gasteiger charge is -2.05. The summed E-state index contributed by atoms with van der Waals surface area (Å²) in [5.74, 6) is 0.778. The molecule has 0 fully saturated rings. The topological polar surface area (TPSA) is 68.7 Å². The van der Waals surface area contributed by atoms with Crippen molar-refractivity contribution < 1.29 is 9.90 Å². The number of aliphatic hydroxyl groups is 1. The number of rotatable bonds is 6. The molecule has 5 nitrogen and oxygen atoms in total. The summed E-state index contributed by atoms with van der Waals surface area (Å²) in [6.45, 7) is 2.13. The predicted molar refractivity (Wildman–Crippen MR) is 103 cm³/mol. The third kappa shape index (κ3) is 4.90. The maximum atomic E-state index is 11.7. The lowest BCUT2D eigenvalue weighted by molar-refractivity contribution is -0.123. The molecule has 0 saturated carbocycles. The van der Waals surface area contributed by atoms with E-state index in [0.29, 0.717) is 0 Å². The summed E-state index contributed by atoms with van der Waals surface area (Å²) in [5.41, 5.74) is 4.30. The van der Waals surface area contributed by atoms with Crippen LogP contribution >= 0.6 is 0 Å². The molecule has 0 atom stereocenters. The van der Waals surface area contributed by atoms with Crippen molar-refractivity contribution in [2.75, 3.05) is 20.7 Å². The van der Waals surface area contributed by atoms with Crippen molar-refractivity contribution in [1.29, 1.82) is 0 Å². The number of fused-ring (bicyclic) bond motifs is 1. The van der Waals surface area contributed by atoms with Crippen molar-refractivity contribution in [2.24, 2.45) is 4.99 Å². The van der Waals surface area contributed by atoms with Gasteiger partial charge in [0.05, 0.1) is 6.61 Å². The van der Waals surface area contributed by atoms with Crippen LogP contribution in [0.25, 0.3) is 6.08 Å². The van der Waals surface area contributed by atoms with Gasteiger partial charge < -0.3 is 15.0 Å². The number of likely N-dealkylation sites (N-methyl/N-ethyl adjacent to an activating group) is 1. The quantitative estimate of drug-likeness (QED) is 0.617. The Bertz CT molecular complexity index is 762. The van der Waals surface area contributed by atoms with Crippen molar-refractivity contribution in [3.8, 4) is 0 Å². The van der Waals surface area contributed by atoms with E-state index in [1.807, 2.05) is 30.6 Å². The minimum absolute atomic E-state index is 0.0343. The molecule has 1 aromatic heterocycles. The van der Waals surface area contributed by atoms with E-state index in [9.17, 15) is 4.79 Å². The Morgan fingerprint density at radius 2 is 2.24 bits per heavy atom. The van der Waals surface area contributed by atoms with Crippen LogP contribution in [0.4, 0.5) is 5.82 Å². The molecule has 0 radical (unpaired) electrons. The maximum Gasteiger partial charge on any atom is 0.246 e. The molecule has 2 N–H and O–H groups in total. The Hall–Kier alpha value is -2.66. The van der Waals surface area contributed by atoms with Crippen LogP contribution in [0.15, 0.2) is 52.7 Å². The zero-order chi connectivity index (χ0) is 18.2. The number of hydrogen-bond acceptors (Lipinski definition) is 3. The van der Waals surface area contributed by atoms with Crippen molar-refractivity contribution in [1.82, 2.24) is 9.88 Å². The van der Waals surface area contributed by atoms with Crippen LogP contribution in [0.5, 0.6) is 0 Å². The van der Waals surface area contributed by atoms with Crippen LogP contribution in [0, 0.1) is 0 Å². The summed E-state index contributed by atoms with van der Waals surface area (Å²) in [6.07, 6.45) is 16.5. The van der Waals surface area contributed by atoms with Gasteiger partial charge in [0.2, 0.25) is 5.91 Å². The molecule has 1 amide bonds. The first-order valence-electron chi connectivity index (χ1n) is 8.37. The number of amides is 1. The van der Waals surface area contributed by atoms with Crippen LogP contribution in [0.3, 0.4) is 0 Å². The van der Waals surface area contributed by atoms with Crippen LogP contribution in [-0.4, -0.2) is 47.8 Å². The number of aromatic nitrogens is 1. The highest BCUT2D eigenvalue weighted by Gasteiger charge is 2.12. The van der Waals surface area contributed by atoms with E-state index >= 15 is 0 Å². The molecule has 2 rings (SSSR count). The van der Waals surface area contributed by atoms with Crippen molar-refractivity contribution in [2.45, 2.75) is 19.8 Å². The molecule has 0 unspecified atom stereocenters. The second-order valence-corrected chi connectivity index (χ2v) is 5.92. The molecule has 0 spiro atoms. The summed E-state index contributed by atoms with van der Waals surface area (Å²) in [5, 5.41) is 8.86. The van der Waals surface area contributed by atoms with Gasteiger partial charge in [-0.2, -0.15) is 0 Å². The van der Waals surface area contributed by atoms with E-state index in [1.54, 1.807) is 26.2 Å². The molecule has 2 heterocycles. The van der Waals surface area contributed by atoms with Gasteiger partial charge in [0.15, 0.2) is 0 Å². The van der Waals surface area contributed by atoms with Crippen molar-refractivity contribution >= 4 is 24.0 Å². The Balaban J connectivity index is 2.24. The van der Waals surface area contributed by atoms with Gasteiger partial charge in [-0.05, 0) is 35.6 Å². The largest absolute Gasteiger partial charge is 0.392 e. The summed E-state index contributed by atoms with van der Waals surface area (Å²) < 4.78 is 0. The Kier molecular flexibility index (Phi) is 6.71. The lowest BCUT2D eigenvalue weighted by Crippen LogP contribution is -2.18. The number of aliphatic imine (C=N–C) groups is 1. The third-order valence-electron chi connectivity index (χ3n) is 3.99. The van der Waals surface area contributed by atoms with Crippen molar-refractivity contribution in [3.05, 3.63) is 58.9 Å². The van der Waals surface area contributed by atoms with E-state index in [0.717, 1.165) is 35.4 Å². The van der Waals surface area contributed by atoms with Gasteiger partial charge in [0.1, 0.15) is 5.82 Å². The number of H-pyrrole nitrogens is 1. The number of hydrogen-bond donors (Lipinski definition) is 2. The Labute approximate surface area is 148 Å². The van der Waals surface area contributed by atoms with E-state index in [2.05, 4.69) is 23.0 Å². The van der Waals surface area contributed by atoms with E-state index in [-0.39, 0.29) is 12.5 Å². The zero-order valence-corrected chi connectivity index (χ0v) is 15.0. The summed E-state index contributed by atoms with van der Waals surface area (Å²) in [4.78, 5) is 21.0. The number of allylic oxidation sites excluding steroid dienone is 5. The van der Waals surface area contributed by atoms with Gasteiger partial charge >= 0.3 is 0 Å². The summed E-state index contributed by atoms with van der Waals surface area (Å²) in [7, 11) is 3.46. The molecular weight excluding hydrogens is 314 g/mol. The molecule has 1 aliphatic rings.